The Hall–Kier alpha value is -2.08. The van der Waals surface area contributed by atoms with E-state index in [0.29, 0.717) is 69.9 Å². The number of nitrogens with zero attached hydrogens (tertiary/aromatic N) is 1. The lowest BCUT2D eigenvalue weighted by Crippen LogP contribution is -2.64. The Morgan fingerprint density at radius 3 is 1.88 bits per heavy atom. The van der Waals surface area contributed by atoms with Gasteiger partial charge in [0.1, 0.15) is 30.2 Å². The van der Waals surface area contributed by atoms with Crippen LogP contribution in [-0.4, -0.2) is 101 Å². The average molecular weight is 600 g/mol. The fourth-order valence-electron chi connectivity index (χ4n) is 6.50. The predicted molar refractivity (Wildman–Crippen MR) is 162 cm³/mol. The molecule has 3 heterocycles. The molecule has 6 atom stereocenters. The van der Waals surface area contributed by atoms with Crippen LogP contribution in [0.5, 0.6) is 5.75 Å². The molecule has 43 heavy (non-hydrogen) atoms. The van der Waals surface area contributed by atoms with E-state index in [9.17, 15) is 0 Å². The molecule has 3 aliphatic heterocycles. The van der Waals surface area contributed by atoms with Gasteiger partial charge in [0.2, 0.25) is 6.29 Å². The van der Waals surface area contributed by atoms with E-state index in [4.69, 9.17) is 37.9 Å². The molecule has 0 spiro atoms. The Bertz CT molecular complexity index is 1050. The van der Waals surface area contributed by atoms with Crippen molar-refractivity contribution in [2.24, 2.45) is 11.8 Å². The van der Waals surface area contributed by atoms with E-state index in [2.05, 4.69) is 32.6 Å². The molecule has 0 saturated carbocycles. The first-order chi connectivity index (χ1) is 21.0. The molecule has 2 aromatic carbocycles. The van der Waals surface area contributed by atoms with Crippen LogP contribution < -0.4 is 4.74 Å². The molecule has 0 radical (unpaired) electrons. The van der Waals surface area contributed by atoms with Gasteiger partial charge in [-0.15, -0.1) is 0 Å². The second kappa shape index (κ2) is 16.3. The van der Waals surface area contributed by atoms with Crippen molar-refractivity contribution >= 4 is 0 Å². The number of benzene rings is 2. The SMILES string of the molecule is CC(C)C(C(C)C)N1CCOCCO[C@@H]2[C@@H](OCCOCC1)[C@H](Oc1ccccc1)O[C@@H]1COC(c3ccccc3)O[C@@H]21. The molecule has 0 amide bonds. The van der Waals surface area contributed by atoms with Crippen LogP contribution in [0.25, 0.3) is 0 Å². The van der Waals surface area contributed by atoms with E-state index in [-0.39, 0.29) is 0 Å². The van der Waals surface area contributed by atoms with Gasteiger partial charge in [-0.05, 0) is 24.0 Å². The Morgan fingerprint density at radius 2 is 1.26 bits per heavy atom. The molecule has 0 aliphatic carbocycles. The highest BCUT2D eigenvalue weighted by molar-refractivity contribution is 5.21. The highest BCUT2D eigenvalue weighted by Gasteiger charge is 2.52. The van der Waals surface area contributed by atoms with Crippen LogP contribution in [0, 0.1) is 11.8 Å². The van der Waals surface area contributed by atoms with Crippen LogP contribution in [0.2, 0.25) is 0 Å². The van der Waals surface area contributed by atoms with Gasteiger partial charge in [0.25, 0.3) is 0 Å². The summed E-state index contributed by atoms with van der Waals surface area (Å²) in [5, 5.41) is 0. The third-order valence-corrected chi connectivity index (χ3v) is 8.26. The van der Waals surface area contributed by atoms with Gasteiger partial charge in [-0.3, -0.25) is 4.90 Å². The normalized spacial score (nSPS) is 30.3. The molecule has 3 aliphatic rings. The maximum atomic E-state index is 6.55. The highest BCUT2D eigenvalue weighted by Crippen LogP contribution is 2.37. The number of hydrogen-bond donors (Lipinski definition) is 0. The van der Waals surface area contributed by atoms with Gasteiger partial charge >= 0.3 is 0 Å². The van der Waals surface area contributed by atoms with Crippen molar-refractivity contribution in [1.29, 1.82) is 0 Å². The molecule has 238 valence electrons. The molecule has 0 aromatic heterocycles. The first-order valence-corrected chi connectivity index (χ1v) is 15.8. The topological polar surface area (TPSA) is 77.1 Å². The van der Waals surface area contributed by atoms with Crippen molar-refractivity contribution in [3.63, 3.8) is 0 Å². The fraction of sp³-hybridized carbons (Fsp3) is 0.647. The Morgan fingerprint density at radius 1 is 0.651 bits per heavy atom. The largest absolute Gasteiger partial charge is 0.462 e. The molecule has 3 saturated heterocycles. The van der Waals surface area contributed by atoms with Gasteiger partial charge in [0.05, 0.1) is 46.2 Å². The first kappa shape index (κ1) is 32.3. The van der Waals surface area contributed by atoms with Gasteiger partial charge in [-0.1, -0.05) is 76.2 Å². The smallest absolute Gasteiger partial charge is 0.229 e. The van der Waals surface area contributed by atoms with Crippen LogP contribution in [0.4, 0.5) is 0 Å². The zero-order valence-electron chi connectivity index (χ0n) is 26.0. The summed E-state index contributed by atoms with van der Waals surface area (Å²) in [6.07, 6.45) is -3.11. The van der Waals surface area contributed by atoms with Crippen molar-refractivity contribution in [2.75, 3.05) is 59.3 Å². The third-order valence-electron chi connectivity index (χ3n) is 8.26. The van der Waals surface area contributed by atoms with E-state index in [1.807, 2.05) is 60.7 Å². The summed E-state index contributed by atoms with van der Waals surface area (Å²) >= 11 is 0. The summed E-state index contributed by atoms with van der Waals surface area (Å²) in [6.45, 7) is 14.1. The Labute approximate surface area is 256 Å². The van der Waals surface area contributed by atoms with Crippen LogP contribution >= 0.6 is 0 Å². The maximum absolute atomic E-state index is 6.55. The summed E-state index contributed by atoms with van der Waals surface area (Å²) in [5.41, 5.74) is 0.945. The van der Waals surface area contributed by atoms with Crippen molar-refractivity contribution in [1.82, 2.24) is 4.90 Å². The molecular weight excluding hydrogens is 550 g/mol. The number of para-hydroxylation sites is 1. The van der Waals surface area contributed by atoms with Gasteiger partial charge in [-0.2, -0.15) is 0 Å². The summed E-state index contributed by atoms with van der Waals surface area (Å²) in [7, 11) is 0. The highest BCUT2D eigenvalue weighted by atomic mass is 16.8. The van der Waals surface area contributed by atoms with Crippen LogP contribution in [-0.2, 0) is 33.2 Å². The molecular formula is C34H49NO8. The first-order valence-electron chi connectivity index (χ1n) is 15.8. The second-order valence-corrected chi connectivity index (χ2v) is 12.1. The van der Waals surface area contributed by atoms with Gasteiger partial charge in [0.15, 0.2) is 6.29 Å². The lowest BCUT2D eigenvalue weighted by Gasteiger charge is -2.48. The van der Waals surface area contributed by atoms with Crippen molar-refractivity contribution in [2.45, 2.75) is 70.7 Å². The minimum Gasteiger partial charge on any atom is -0.462 e. The molecule has 9 nitrogen and oxygen atoms in total. The Balaban J connectivity index is 1.32. The standard InChI is InChI=1S/C34H49NO8/c1-24(2)29(25(3)4)35-15-17-36-19-21-38-31-30-28(23-40-33(43-30)26-11-7-5-8-12-26)42-34(41-27-13-9-6-10-14-27)32(31)39-22-20-37-18-16-35/h5-14,24-25,28-34H,15-23H2,1-4H3/t28-,30-,31+,32-,33?,34-/m1/s1. The summed E-state index contributed by atoms with van der Waals surface area (Å²) in [4.78, 5) is 2.50. The predicted octanol–water partition coefficient (Wildman–Crippen LogP) is 4.70. The Kier molecular flexibility index (Phi) is 12.2. The molecule has 2 aromatic rings. The summed E-state index contributed by atoms with van der Waals surface area (Å²) < 4.78 is 50.7. The number of rotatable bonds is 6. The fourth-order valence-corrected chi connectivity index (χ4v) is 6.50. The van der Waals surface area contributed by atoms with E-state index >= 15 is 0 Å². The van der Waals surface area contributed by atoms with E-state index in [0.717, 1.165) is 18.7 Å². The van der Waals surface area contributed by atoms with Crippen LogP contribution in [0.1, 0.15) is 39.5 Å². The van der Waals surface area contributed by atoms with E-state index in [1.54, 1.807) is 0 Å². The zero-order valence-corrected chi connectivity index (χ0v) is 26.0. The van der Waals surface area contributed by atoms with Crippen LogP contribution in [0.15, 0.2) is 60.7 Å². The van der Waals surface area contributed by atoms with E-state index in [1.165, 1.54) is 0 Å². The minimum atomic E-state index is -0.723. The van der Waals surface area contributed by atoms with Crippen molar-refractivity contribution < 1.29 is 37.9 Å². The van der Waals surface area contributed by atoms with Gasteiger partial charge in [0, 0.05) is 24.7 Å². The number of ether oxygens (including phenoxy) is 8. The lowest BCUT2D eigenvalue weighted by atomic mass is 9.91. The average Bonchev–Trinajstić information content (AvgIpc) is 3.01. The molecule has 0 N–H and O–H groups in total. The van der Waals surface area contributed by atoms with Crippen LogP contribution in [0.3, 0.4) is 0 Å². The molecule has 5 rings (SSSR count). The maximum Gasteiger partial charge on any atom is 0.229 e. The van der Waals surface area contributed by atoms with Crippen molar-refractivity contribution in [3.8, 4) is 5.75 Å². The molecule has 9 heteroatoms. The summed E-state index contributed by atoms with van der Waals surface area (Å²) in [5.74, 6) is 1.75. The lowest BCUT2D eigenvalue weighted by molar-refractivity contribution is -0.360. The van der Waals surface area contributed by atoms with Crippen molar-refractivity contribution in [3.05, 3.63) is 66.2 Å². The van der Waals surface area contributed by atoms with E-state index < -0.39 is 37.0 Å². The number of hydrogen-bond acceptors (Lipinski definition) is 9. The quantitative estimate of drug-likeness (QED) is 0.470. The minimum absolute atomic E-state index is 0.341. The monoisotopic (exact) mass is 599 g/mol. The molecule has 3 fully saturated rings. The number of fused-ring (bicyclic) bond motifs is 3. The molecule has 1 unspecified atom stereocenters. The zero-order chi connectivity index (χ0) is 30.0. The molecule has 0 bridgehead atoms. The van der Waals surface area contributed by atoms with Gasteiger partial charge < -0.3 is 37.9 Å². The summed E-state index contributed by atoms with van der Waals surface area (Å²) in [6, 6.07) is 20.0. The second-order valence-electron chi connectivity index (χ2n) is 12.1. The van der Waals surface area contributed by atoms with Gasteiger partial charge in [-0.25, -0.2) is 0 Å². The third kappa shape index (κ3) is 8.77.